The Labute approximate surface area is 108 Å². The van der Waals surface area contributed by atoms with Crippen molar-refractivity contribution in [2.45, 2.75) is 5.88 Å². The molecule has 0 aliphatic rings. The molecule has 5 nitrogen and oxygen atoms in total. The third-order valence-corrected chi connectivity index (χ3v) is 2.77. The molecule has 0 radical (unpaired) electrons. The summed E-state index contributed by atoms with van der Waals surface area (Å²) in [6.45, 7) is 0. The Balaban J connectivity index is 2.47. The molecule has 92 valence electrons. The predicted molar refractivity (Wildman–Crippen MR) is 68.4 cm³/mol. The van der Waals surface area contributed by atoms with Crippen molar-refractivity contribution < 1.29 is 9.90 Å². The van der Waals surface area contributed by atoms with Crippen LogP contribution >= 0.6 is 11.6 Å². The van der Waals surface area contributed by atoms with Gasteiger partial charge in [0.25, 0.3) is 0 Å². The topological polar surface area (TPSA) is 89.1 Å². The van der Waals surface area contributed by atoms with Crippen molar-refractivity contribution in [3.8, 4) is 11.1 Å². The Morgan fingerprint density at radius 1 is 1.28 bits per heavy atom. The third-order valence-electron chi connectivity index (χ3n) is 2.48. The zero-order chi connectivity index (χ0) is 13.1. The number of nitrogen functional groups attached to an aromatic ring is 1. The van der Waals surface area contributed by atoms with Crippen molar-refractivity contribution in [3.05, 3.63) is 41.7 Å². The van der Waals surface area contributed by atoms with Gasteiger partial charge in [0.1, 0.15) is 0 Å². The smallest absolute Gasteiger partial charge is 0.336 e. The number of hydrogen-bond acceptors (Lipinski definition) is 4. The van der Waals surface area contributed by atoms with E-state index >= 15 is 0 Å². The fraction of sp³-hybridized carbons (Fsp3) is 0.0833. The number of carbonyl (C=O) groups is 1. The van der Waals surface area contributed by atoms with Crippen LogP contribution in [0.25, 0.3) is 11.1 Å². The fourth-order valence-corrected chi connectivity index (χ4v) is 1.80. The van der Waals surface area contributed by atoms with Gasteiger partial charge in [-0.1, -0.05) is 6.07 Å². The first-order chi connectivity index (χ1) is 8.61. The molecule has 0 unspecified atom stereocenters. The van der Waals surface area contributed by atoms with Gasteiger partial charge in [0.05, 0.1) is 5.56 Å². The standard InChI is InChI=1S/C12H10ClN3O2/c13-4-8-3-7(1-2-10(8)11(17)18)9-5-15-12(14)16-6-9/h1-3,5-6H,4H2,(H,17,18)(H2,14,15,16). The van der Waals surface area contributed by atoms with Crippen LogP contribution in [-0.4, -0.2) is 21.0 Å². The Morgan fingerprint density at radius 3 is 2.50 bits per heavy atom. The monoisotopic (exact) mass is 263 g/mol. The van der Waals surface area contributed by atoms with Gasteiger partial charge in [0.15, 0.2) is 0 Å². The van der Waals surface area contributed by atoms with Crippen molar-refractivity contribution in [3.63, 3.8) is 0 Å². The van der Waals surface area contributed by atoms with E-state index in [0.717, 1.165) is 11.1 Å². The van der Waals surface area contributed by atoms with E-state index in [-0.39, 0.29) is 17.4 Å². The highest BCUT2D eigenvalue weighted by Crippen LogP contribution is 2.23. The molecule has 1 aromatic carbocycles. The molecule has 0 saturated heterocycles. The molecule has 3 N–H and O–H groups in total. The molecule has 0 bridgehead atoms. The van der Waals surface area contributed by atoms with Gasteiger partial charge < -0.3 is 10.8 Å². The van der Waals surface area contributed by atoms with Crippen LogP contribution in [0.15, 0.2) is 30.6 Å². The van der Waals surface area contributed by atoms with Crippen molar-refractivity contribution >= 4 is 23.5 Å². The van der Waals surface area contributed by atoms with E-state index in [1.54, 1.807) is 24.5 Å². The van der Waals surface area contributed by atoms with Crippen LogP contribution in [0.3, 0.4) is 0 Å². The molecule has 0 aliphatic heterocycles. The lowest BCUT2D eigenvalue weighted by Gasteiger charge is -2.06. The summed E-state index contributed by atoms with van der Waals surface area (Å²) in [6.07, 6.45) is 3.16. The number of aromatic carboxylic acids is 1. The fourth-order valence-electron chi connectivity index (χ4n) is 1.58. The second-order valence-corrected chi connectivity index (χ2v) is 3.91. The lowest BCUT2D eigenvalue weighted by atomic mass is 10.0. The molecule has 0 spiro atoms. The Morgan fingerprint density at radius 2 is 1.94 bits per heavy atom. The number of alkyl halides is 1. The summed E-state index contributed by atoms with van der Waals surface area (Å²) in [4.78, 5) is 18.7. The van der Waals surface area contributed by atoms with E-state index in [2.05, 4.69) is 9.97 Å². The minimum Gasteiger partial charge on any atom is -0.478 e. The molecule has 0 aliphatic carbocycles. The number of nitrogens with two attached hydrogens (primary N) is 1. The van der Waals surface area contributed by atoms with E-state index in [0.29, 0.717) is 5.56 Å². The largest absolute Gasteiger partial charge is 0.478 e. The number of hydrogen-bond donors (Lipinski definition) is 2. The molecule has 1 aromatic heterocycles. The predicted octanol–water partition coefficient (Wildman–Crippen LogP) is 2.16. The van der Waals surface area contributed by atoms with E-state index in [1.165, 1.54) is 6.07 Å². The maximum absolute atomic E-state index is 11.0. The minimum absolute atomic E-state index is 0.130. The average Bonchev–Trinajstić information content (AvgIpc) is 2.38. The van der Waals surface area contributed by atoms with E-state index in [4.69, 9.17) is 22.4 Å². The number of nitrogens with zero attached hydrogens (tertiary/aromatic N) is 2. The molecule has 1 heterocycles. The molecular formula is C12H10ClN3O2. The number of carboxylic acids is 1. The number of carboxylic acid groups (broad SMARTS) is 1. The zero-order valence-electron chi connectivity index (χ0n) is 9.30. The molecular weight excluding hydrogens is 254 g/mol. The highest BCUT2D eigenvalue weighted by atomic mass is 35.5. The second-order valence-electron chi connectivity index (χ2n) is 3.64. The van der Waals surface area contributed by atoms with Crippen LogP contribution < -0.4 is 5.73 Å². The molecule has 18 heavy (non-hydrogen) atoms. The molecule has 0 saturated carbocycles. The molecule has 2 rings (SSSR count). The Kier molecular flexibility index (Phi) is 3.43. The first kappa shape index (κ1) is 12.3. The first-order valence-corrected chi connectivity index (χ1v) is 5.65. The summed E-state index contributed by atoms with van der Waals surface area (Å²) < 4.78 is 0. The van der Waals surface area contributed by atoms with Crippen LogP contribution in [0.2, 0.25) is 0 Å². The summed E-state index contributed by atoms with van der Waals surface area (Å²) in [7, 11) is 0. The summed E-state index contributed by atoms with van der Waals surface area (Å²) >= 11 is 5.75. The van der Waals surface area contributed by atoms with Gasteiger partial charge in [-0.25, -0.2) is 14.8 Å². The van der Waals surface area contributed by atoms with Crippen LogP contribution in [-0.2, 0) is 5.88 Å². The van der Waals surface area contributed by atoms with Crippen LogP contribution in [0, 0.1) is 0 Å². The summed E-state index contributed by atoms with van der Waals surface area (Å²) in [6, 6.07) is 4.92. The van der Waals surface area contributed by atoms with Gasteiger partial charge in [-0.05, 0) is 23.3 Å². The average molecular weight is 264 g/mol. The first-order valence-electron chi connectivity index (χ1n) is 5.12. The van der Waals surface area contributed by atoms with E-state index in [9.17, 15) is 4.79 Å². The quantitative estimate of drug-likeness (QED) is 0.829. The van der Waals surface area contributed by atoms with Gasteiger partial charge in [-0.2, -0.15) is 0 Å². The zero-order valence-corrected chi connectivity index (χ0v) is 10.1. The highest BCUT2D eigenvalue weighted by molar-refractivity contribution is 6.17. The summed E-state index contributed by atoms with van der Waals surface area (Å²) in [5, 5.41) is 8.99. The molecule has 2 aromatic rings. The van der Waals surface area contributed by atoms with Gasteiger partial charge in [-0.3, -0.25) is 0 Å². The summed E-state index contributed by atoms with van der Waals surface area (Å²) in [5.74, 6) is -0.671. The van der Waals surface area contributed by atoms with Crippen LogP contribution in [0.5, 0.6) is 0 Å². The van der Waals surface area contributed by atoms with Crippen molar-refractivity contribution in [2.75, 3.05) is 5.73 Å². The Bertz CT molecular complexity index is 584. The van der Waals surface area contributed by atoms with Gasteiger partial charge >= 0.3 is 5.97 Å². The minimum atomic E-state index is -0.995. The number of benzene rings is 1. The lowest BCUT2D eigenvalue weighted by molar-refractivity contribution is 0.0696. The van der Waals surface area contributed by atoms with E-state index < -0.39 is 5.97 Å². The SMILES string of the molecule is Nc1ncc(-c2ccc(C(=O)O)c(CCl)c2)cn1. The van der Waals surface area contributed by atoms with Crippen molar-refractivity contribution in [2.24, 2.45) is 0 Å². The van der Waals surface area contributed by atoms with E-state index in [1.807, 2.05) is 0 Å². The maximum atomic E-state index is 11.0. The lowest BCUT2D eigenvalue weighted by Crippen LogP contribution is -2.01. The van der Waals surface area contributed by atoms with Crippen molar-refractivity contribution in [1.29, 1.82) is 0 Å². The number of rotatable bonds is 3. The van der Waals surface area contributed by atoms with Crippen LogP contribution in [0.1, 0.15) is 15.9 Å². The van der Waals surface area contributed by atoms with Crippen molar-refractivity contribution in [1.82, 2.24) is 9.97 Å². The number of halogens is 1. The Hall–Kier alpha value is -2.14. The van der Waals surface area contributed by atoms with Crippen LogP contribution in [0.4, 0.5) is 5.95 Å². The third kappa shape index (κ3) is 2.41. The van der Waals surface area contributed by atoms with Gasteiger partial charge in [0.2, 0.25) is 5.95 Å². The molecule has 6 heteroatoms. The van der Waals surface area contributed by atoms with Gasteiger partial charge in [-0.15, -0.1) is 11.6 Å². The number of anilines is 1. The molecule has 0 amide bonds. The maximum Gasteiger partial charge on any atom is 0.336 e. The van der Waals surface area contributed by atoms with Gasteiger partial charge in [0, 0.05) is 23.8 Å². The number of aromatic nitrogens is 2. The molecule has 0 fully saturated rings. The second kappa shape index (κ2) is 5.01. The molecule has 0 atom stereocenters. The normalized spacial score (nSPS) is 10.3. The summed E-state index contributed by atoms with van der Waals surface area (Å²) in [5.41, 5.74) is 7.72. The highest BCUT2D eigenvalue weighted by Gasteiger charge is 2.10.